The minimum atomic E-state index is -0.189. The van der Waals surface area contributed by atoms with E-state index < -0.39 is 0 Å². The van der Waals surface area contributed by atoms with Crippen molar-refractivity contribution >= 4 is 29.3 Å². The number of anilines is 1. The molecule has 4 aromatic rings. The highest BCUT2D eigenvalue weighted by Gasteiger charge is 2.14. The predicted octanol–water partition coefficient (Wildman–Crippen LogP) is 3.02. The fraction of sp³-hybridized carbons (Fsp3) is 0.211. The van der Waals surface area contributed by atoms with Gasteiger partial charge in [0.2, 0.25) is 5.16 Å². The summed E-state index contributed by atoms with van der Waals surface area (Å²) in [5.74, 6) is 1.49. The molecule has 8 nitrogen and oxygen atoms in total. The SMILES string of the molecule is Cc1cc(C)n2nc(SCc3ccccc3C(=O)Nc3ccn(C)n3)nc2n1. The van der Waals surface area contributed by atoms with E-state index in [4.69, 9.17) is 0 Å². The molecule has 1 aromatic carbocycles. The molecule has 0 saturated heterocycles. The van der Waals surface area contributed by atoms with Crippen molar-refractivity contribution in [2.45, 2.75) is 24.8 Å². The van der Waals surface area contributed by atoms with Crippen molar-refractivity contribution in [3.05, 3.63) is 65.1 Å². The number of benzene rings is 1. The molecule has 1 N–H and O–H groups in total. The number of hydrogen-bond acceptors (Lipinski definition) is 6. The molecule has 0 unspecified atom stereocenters. The molecule has 0 bridgehead atoms. The van der Waals surface area contributed by atoms with Crippen LogP contribution in [0, 0.1) is 13.8 Å². The van der Waals surface area contributed by atoms with Crippen LogP contribution in [-0.2, 0) is 12.8 Å². The molecule has 3 heterocycles. The van der Waals surface area contributed by atoms with Gasteiger partial charge < -0.3 is 5.32 Å². The normalized spacial score (nSPS) is 11.1. The summed E-state index contributed by atoms with van der Waals surface area (Å²) in [6.45, 7) is 3.91. The van der Waals surface area contributed by atoms with E-state index in [9.17, 15) is 4.79 Å². The predicted molar refractivity (Wildman–Crippen MR) is 107 cm³/mol. The number of aryl methyl sites for hydroxylation is 3. The number of aromatic nitrogens is 6. The monoisotopic (exact) mass is 393 g/mol. The van der Waals surface area contributed by atoms with Crippen molar-refractivity contribution in [2.75, 3.05) is 5.32 Å². The van der Waals surface area contributed by atoms with Gasteiger partial charge in [-0.25, -0.2) is 9.50 Å². The van der Waals surface area contributed by atoms with Crippen molar-refractivity contribution in [1.82, 2.24) is 29.4 Å². The molecule has 4 rings (SSSR count). The van der Waals surface area contributed by atoms with Crippen LogP contribution in [0.5, 0.6) is 0 Å². The average Bonchev–Trinajstić information content (AvgIpc) is 3.26. The number of nitrogens with zero attached hydrogens (tertiary/aromatic N) is 6. The smallest absolute Gasteiger partial charge is 0.257 e. The van der Waals surface area contributed by atoms with Crippen LogP contribution in [0.2, 0.25) is 0 Å². The summed E-state index contributed by atoms with van der Waals surface area (Å²) in [5.41, 5.74) is 3.40. The number of amides is 1. The Balaban J connectivity index is 1.52. The first-order valence-electron chi connectivity index (χ1n) is 8.72. The minimum absolute atomic E-state index is 0.189. The Hall–Kier alpha value is -3.20. The van der Waals surface area contributed by atoms with Gasteiger partial charge in [-0.1, -0.05) is 30.0 Å². The van der Waals surface area contributed by atoms with Gasteiger partial charge in [0.15, 0.2) is 5.82 Å². The average molecular weight is 393 g/mol. The van der Waals surface area contributed by atoms with Gasteiger partial charge in [-0.05, 0) is 31.5 Å². The van der Waals surface area contributed by atoms with Gasteiger partial charge in [-0.3, -0.25) is 9.48 Å². The maximum absolute atomic E-state index is 12.7. The van der Waals surface area contributed by atoms with Crippen molar-refractivity contribution in [1.29, 1.82) is 0 Å². The molecule has 142 valence electrons. The summed E-state index contributed by atoms with van der Waals surface area (Å²) < 4.78 is 3.37. The molecule has 0 aliphatic rings. The molecule has 0 aliphatic carbocycles. The van der Waals surface area contributed by atoms with Crippen LogP contribution in [0.25, 0.3) is 5.78 Å². The molecule has 1 amide bonds. The van der Waals surface area contributed by atoms with Gasteiger partial charge in [0.05, 0.1) is 0 Å². The summed E-state index contributed by atoms with van der Waals surface area (Å²) >= 11 is 1.47. The van der Waals surface area contributed by atoms with Crippen LogP contribution in [0.15, 0.2) is 47.8 Å². The van der Waals surface area contributed by atoms with Crippen LogP contribution < -0.4 is 5.32 Å². The zero-order chi connectivity index (χ0) is 19.7. The third-order valence-corrected chi connectivity index (χ3v) is 5.06. The van der Waals surface area contributed by atoms with Gasteiger partial charge >= 0.3 is 0 Å². The molecule has 0 radical (unpaired) electrons. The van der Waals surface area contributed by atoms with E-state index in [1.54, 1.807) is 34.6 Å². The van der Waals surface area contributed by atoms with Gasteiger partial charge in [0.25, 0.3) is 11.7 Å². The first-order chi connectivity index (χ1) is 13.5. The van der Waals surface area contributed by atoms with E-state index in [1.165, 1.54) is 11.8 Å². The quantitative estimate of drug-likeness (QED) is 0.524. The summed E-state index contributed by atoms with van der Waals surface area (Å²) in [5, 5.41) is 12.1. The van der Waals surface area contributed by atoms with Crippen molar-refractivity contribution in [2.24, 2.45) is 7.05 Å². The maximum atomic E-state index is 12.7. The van der Waals surface area contributed by atoms with Gasteiger partial charge in [0, 0.05) is 42.0 Å². The molecule has 0 atom stereocenters. The second-order valence-electron chi connectivity index (χ2n) is 6.42. The zero-order valence-corrected chi connectivity index (χ0v) is 16.6. The highest BCUT2D eigenvalue weighted by atomic mass is 32.2. The molecule has 3 aromatic heterocycles. The Morgan fingerprint density at radius 1 is 1.14 bits per heavy atom. The Labute approximate surface area is 166 Å². The lowest BCUT2D eigenvalue weighted by Crippen LogP contribution is -2.14. The number of fused-ring (bicyclic) bond motifs is 1. The van der Waals surface area contributed by atoms with Gasteiger partial charge in [-0.15, -0.1) is 5.10 Å². The number of nitrogens with one attached hydrogen (secondary N) is 1. The Kier molecular flexibility index (Phi) is 4.82. The van der Waals surface area contributed by atoms with E-state index in [2.05, 4.69) is 25.5 Å². The van der Waals surface area contributed by atoms with E-state index in [-0.39, 0.29) is 5.91 Å². The third-order valence-electron chi connectivity index (χ3n) is 4.17. The Morgan fingerprint density at radius 2 is 1.96 bits per heavy atom. The number of carbonyl (C=O) groups excluding carboxylic acids is 1. The molecular weight excluding hydrogens is 374 g/mol. The summed E-state index contributed by atoms with van der Waals surface area (Å²) in [4.78, 5) is 21.6. The summed E-state index contributed by atoms with van der Waals surface area (Å²) in [6, 6.07) is 11.2. The first kappa shape index (κ1) is 18.2. The maximum Gasteiger partial charge on any atom is 0.257 e. The van der Waals surface area contributed by atoms with E-state index >= 15 is 0 Å². The number of hydrogen-bond donors (Lipinski definition) is 1. The Bertz CT molecular complexity index is 1160. The summed E-state index contributed by atoms with van der Waals surface area (Å²) in [6.07, 6.45) is 1.78. The largest absolute Gasteiger partial charge is 0.305 e. The first-order valence-corrected chi connectivity index (χ1v) is 9.71. The number of carbonyl (C=O) groups is 1. The molecule has 0 fully saturated rings. The fourth-order valence-corrected chi connectivity index (χ4v) is 3.71. The highest BCUT2D eigenvalue weighted by molar-refractivity contribution is 7.98. The molecular formula is C19H19N7OS. The molecule has 0 saturated carbocycles. The number of rotatable bonds is 5. The molecule has 9 heteroatoms. The van der Waals surface area contributed by atoms with Crippen LogP contribution in [0.4, 0.5) is 5.82 Å². The lowest BCUT2D eigenvalue weighted by atomic mass is 10.1. The summed E-state index contributed by atoms with van der Waals surface area (Å²) in [7, 11) is 1.81. The molecule has 28 heavy (non-hydrogen) atoms. The van der Waals surface area contributed by atoms with Crippen LogP contribution in [0.1, 0.15) is 27.3 Å². The van der Waals surface area contributed by atoms with Gasteiger partial charge in [0.1, 0.15) is 0 Å². The zero-order valence-electron chi connectivity index (χ0n) is 15.7. The number of thioether (sulfide) groups is 1. The Morgan fingerprint density at radius 3 is 2.75 bits per heavy atom. The van der Waals surface area contributed by atoms with Crippen LogP contribution in [-0.4, -0.2) is 35.3 Å². The molecule has 0 aliphatic heterocycles. The lowest BCUT2D eigenvalue weighted by molar-refractivity contribution is 0.102. The van der Waals surface area contributed by atoms with Crippen LogP contribution >= 0.6 is 11.8 Å². The van der Waals surface area contributed by atoms with E-state index in [0.717, 1.165) is 17.0 Å². The lowest BCUT2D eigenvalue weighted by Gasteiger charge is -2.08. The topological polar surface area (TPSA) is 90.0 Å². The molecule has 0 spiro atoms. The minimum Gasteiger partial charge on any atom is -0.305 e. The second kappa shape index (κ2) is 7.43. The van der Waals surface area contributed by atoms with Gasteiger partial charge in [-0.2, -0.15) is 10.1 Å². The highest BCUT2D eigenvalue weighted by Crippen LogP contribution is 2.23. The van der Waals surface area contributed by atoms with Crippen molar-refractivity contribution in [3.8, 4) is 0 Å². The van der Waals surface area contributed by atoms with E-state index in [1.807, 2.05) is 38.1 Å². The second-order valence-corrected chi connectivity index (χ2v) is 7.36. The third kappa shape index (κ3) is 3.74. The fourth-order valence-electron chi connectivity index (χ4n) is 2.88. The van der Waals surface area contributed by atoms with Crippen molar-refractivity contribution < 1.29 is 4.79 Å². The van der Waals surface area contributed by atoms with Crippen LogP contribution in [0.3, 0.4) is 0 Å². The van der Waals surface area contributed by atoms with Crippen molar-refractivity contribution in [3.63, 3.8) is 0 Å². The van der Waals surface area contributed by atoms with E-state index in [0.29, 0.717) is 28.1 Å². The standard InChI is InChI=1S/C19H19N7OS/c1-12-10-13(2)26-18(20-12)22-19(24-26)28-11-14-6-4-5-7-15(14)17(27)21-16-8-9-25(3)23-16/h4-10H,11H2,1-3H3,(H,21,23,27).